The van der Waals surface area contributed by atoms with Crippen molar-refractivity contribution in [1.29, 1.82) is 0 Å². The van der Waals surface area contributed by atoms with Gasteiger partial charge in [-0.15, -0.1) is 0 Å². The van der Waals surface area contributed by atoms with E-state index >= 15 is 0 Å². The van der Waals surface area contributed by atoms with Crippen LogP contribution in [0.15, 0.2) is 0 Å². The lowest BCUT2D eigenvalue weighted by Crippen LogP contribution is -2.29. The molecule has 0 amide bonds. The summed E-state index contributed by atoms with van der Waals surface area (Å²) in [7, 11) is -2.99. The molecule has 72 valence electrons. The first-order valence-electron chi connectivity index (χ1n) is 4.26. The molecule has 1 atom stereocenters. The van der Waals surface area contributed by atoms with Gasteiger partial charge in [-0.3, -0.25) is 0 Å². The summed E-state index contributed by atoms with van der Waals surface area (Å²) >= 11 is 0. The Kier molecular flexibility index (Phi) is 3.49. The van der Waals surface area contributed by atoms with Gasteiger partial charge in [0.25, 0.3) is 0 Å². The number of hydrogen-bond acceptors (Lipinski definition) is 3. The molecule has 0 saturated carbocycles. The lowest BCUT2D eigenvalue weighted by Gasteiger charge is -2.09. The maximum Gasteiger partial charge on any atom is 0.208 e. The Morgan fingerprint density at radius 3 is 2.83 bits per heavy atom. The molecule has 12 heavy (non-hydrogen) atoms. The van der Waals surface area contributed by atoms with E-state index in [1.165, 1.54) is 19.1 Å². The van der Waals surface area contributed by atoms with Gasteiger partial charge in [-0.1, -0.05) is 0 Å². The Balaban J connectivity index is 2.09. The largest absolute Gasteiger partial charge is 0.314 e. The first-order chi connectivity index (χ1) is 5.58. The van der Waals surface area contributed by atoms with Gasteiger partial charge in [-0.05, 0) is 25.8 Å². The van der Waals surface area contributed by atoms with E-state index in [4.69, 9.17) is 0 Å². The van der Waals surface area contributed by atoms with Crippen molar-refractivity contribution in [3.8, 4) is 0 Å². The van der Waals surface area contributed by atoms with Gasteiger partial charge in [0.05, 0.1) is 6.26 Å². The topological polar surface area (TPSA) is 58.2 Å². The lowest BCUT2D eigenvalue weighted by atomic mass is 10.2. The van der Waals surface area contributed by atoms with E-state index in [0.29, 0.717) is 12.6 Å². The number of nitrogens with one attached hydrogen (secondary N) is 2. The van der Waals surface area contributed by atoms with Crippen molar-refractivity contribution in [3.63, 3.8) is 0 Å². The van der Waals surface area contributed by atoms with E-state index < -0.39 is 10.0 Å². The minimum Gasteiger partial charge on any atom is -0.314 e. The summed E-state index contributed by atoms with van der Waals surface area (Å²) in [6.45, 7) is 1.63. The van der Waals surface area contributed by atoms with Gasteiger partial charge in [-0.2, -0.15) is 0 Å². The van der Waals surface area contributed by atoms with E-state index in [-0.39, 0.29) is 0 Å². The predicted octanol–water partition coefficient (Wildman–Crippen LogP) is -0.322. The van der Waals surface area contributed by atoms with E-state index in [9.17, 15) is 8.42 Å². The summed E-state index contributed by atoms with van der Waals surface area (Å²) in [5.74, 6) is 0. The van der Waals surface area contributed by atoms with Crippen molar-refractivity contribution < 1.29 is 8.42 Å². The molecule has 0 aromatic heterocycles. The fourth-order valence-corrected chi connectivity index (χ4v) is 1.91. The van der Waals surface area contributed by atoms with Crippen LogP contribution in [0.4, 0.5) is 0 Å². The van der Waals surface area contributed by atoms with Crippen LogP contribution in [-0.4, -0.2) is 33.8 Å². The van der Waals surface area contributed by atoms with Gasteiger partial charge >= 0.3 is 0 Å². The summed E-state index contributed by atoms with van der Waals surface area (Å²) in [5.41, 5.74) is 0. The number of hydrogen-bond donors (Lipinski definition) is 2. The summed E-state index contributed by atoms with van der Waals surface area (Å²) < 4.78 is 23.8. The molecule has 4 nitrogen and oxygen atoms in total. The van der Waals surface area contributed by atoms with Gasteiger partial charge in [0.1, 0.15) is 0 Å². The van der Waals surface area contributed by atoms with Crippen LogP contribution in [0, 0.1) is 0 Å². The molecule has 0 bridgehead atoms. The lowest BCUT2D eigenvalue weighted by molar-refractivity contribution is 0.542. The van der Waals surface area contributed by atoms with E-state index in [2.05, 4.69) is 10.0 Å². The van der Waals surface area contributed by atoms with Crippen molar-refractivity contribution >= 4 is 10.0 Å². The maximum absolute atomic E-state index is 10.7. The van der Waals surface area contributed by atoms with E-state index in [1.54, 1.807) is 0 Å². The third-order valence-corrected chi connectivity index (χ3v) is 2.75. The second-order valence-corrected chi connectivity index (χ2v) is 5.08. The predicted molar refractivity (Wildman–Crippen MR) is 48.5 cm³/mol. The Morgan fingerprint density at radius 1 is 1.58 bits per heavy atom. The Bertz CT molecular complexity index is 220. The van der Waals surface area contributed by atoms with Crippen molar-refractivity contribution in [2.24, 2.45) is 0 Å². The van der Waals surface area contributed by atoms with Gasteiger partial charge in [0, 0.05) is 12.6 Å². The van der Waals surface area contributed by atoms with Crippen LogP contribution in [0.1, 0.15) is 19.3 Å². The number of rotatable bonds is 4. The van der Waals surface area contributed by atoms with Crippen LogP contribution in [0.3, 0.4) is 0 Å². The molecule has 1 aliphatic heterocycles. The number of sulfonamides is 1. The second-order valence-electron chi connectivity index (χ2n) is 3.25. The smallest absolute Gasteiger partial charge is 0.208 e. The quantitative estimate of drug-likeness (QED) is 0.641. The maximum atomic E-state index is 10.7. The van der Waals surface area contributed by atoms with Gasteiger partial charge in [-0.25, -0.2) is 13.1 Å². The molecule has 5 heteroatoms. The molecule has 2 N–H and O–H groups in total. The molecular formula is C7H16N2O2S. The highest BCUT2D eigenvalue weighted by Crippen LogP contribution is 2.07. The molecule has 0 aliphatic carbocycles. The van der Waals surface area contributed by atoms with Crippen molar-refractivity contribution in [3.05, 3.63) is 0 Å². The second kappa shape index (κ2) is 4.20. The Labute approximate surface area is 73.8 Å². The van der Waals surface area contributed by atoms with Crippen molar-refractivity contribution in [2.45, 2.75) is 25.3 Å². The van der Waals surface area contributed by atoms with Gasteiger partial charge in [0.2, 0.25) is 10.0 Å². The van der Waals surface area contributed by atoms with Crippen molar-refractivity contribution in [2.75, 3.05) is 19.3 Å². The molecule has 1 heterocycles. The minimum absolute atomic E-state index is 0.513. The SMILES string of the molecule is CS(=O)(=O)NCCC1CCCN1. The summed E-state index contributed by atoms with van der Waals surface area (Å²) in [4.78, 5) is 0. The van der Waals surface area contributed by atoms with Crippen LogP contribution in [0.2, 0.25) is 0 Å². The van der Waals surface area contributed by atoms with Crippen molar-refractivity contribution in [1.82, 2.24) is 10.0 Å². The summed E-state index contributed by atoms with van der Waals surface area (Å²) in [6, 6.07) is 0.513. The average Bonchev–Trinajstić information content (AvgIpc) is 2.36. The van der Waals surface area contributed by atoms with Crippen LogP contribution >= 0.6 is 0 Å². The molecule has 0 aromatic rings. The molecule has 1 fully saturated rings. The zero-order chi connectivity index (χ0) is 9.03. The standard InChI is InChI=1S/C7H16N2O2S/c1-12(10,11)9-6-4-7-3-2-5-8-7/h7-9H,2-6H2,1H3. The highest BCUT2D eigenvalue weighted by atomic mass is 32.2. The third kappa shape index (κ3) is 4.04. The Hall–Kier alpha value is -0.130. The average molecular weight is 192 g/mol. The summed E-state index contributed by atoms with van der Waals surface area (Å²) in [6.07, 6.45) is 4.47. The van der Waals surface area contributed by atoms with E-state index in [1.807, 2.05) is 0 Å². The fourth-order valence-electron chi connectivity index (χ4n) is 1.42. The normalized spacial score (nSPS) is 24.6. The van der Waals surface area contributed by atoms with Crippen LogP contribution in [0.25, 0.3) is 0 Å². The van der Waals surface area contributed by atoms with Crippen LogP contribution in [0.5, 0.6) is 0 Å². The molecular weight excluding hydrogens is 176 g/mol. The minimum atomic E-state index is -2.99. The molecule has 0 spiro atoms. The fraction of sp³-hybridized carbons (Fsp3) is 1.00. The molecule has 1 rings (SSSR count). The monoisotopic (exact) mass is 192 g/mol. The molecule has 1 unspecified atom stereocenters. The Morgan fingerprint density at radius 2 is 2.33 bits per heavy atom. The molecule has 1 saturated heterocycles. The molecule has 0 aromatic carbocycles. The first-order valence-corrected chi connectivity index (χ1v) is 6.15. The summed E-state index contributed by atoms with van der Waals surface area (Å²) in [5, 5.41) is 3.31. The third-order valence-electron chi connectivity index (χ3n) is 2.02. The van der Waals surface area contributed by atoms with Crippen LogP contribution < -0.4 is 10.0 Å². The zero-order valence-corrected chi connectivity index (χ0v) is 8.15. The molecule has 1 aliphatic rings. The van der Waals surface area contributed by atoms with Gasteiger partial charge in [0.15, 0.2) is 0 Å². The highest BCUT2D eigenvalue weighted by molar-refractivity contribution is 7.88. The zero-order valence-electron chi connectivity index (χ0n) is 7.34. The van der Waals surface area contributed by atoms with Crippen LogP contribution in [-0.2, 0) is 10.0 Å². The van der Waals surface area contributed by atoms with Gasteiger partial charge < -0.3 is 5.32 Å². The van der Waals surface area contributed by atoms with E-state index in [0.717, 1.165) is 13.0 Å². The molecule has 0 radical (unpaired) electrons. The first kappa shape index (κ1) is 9.95. The highest BCUT2D eigenvalue weighted by Gasteiger charge is 2.13.